The molecule has 0 bridgehead atoms. The van der Waals surface area contributed by atoms with E-state index in [9.17, 15) is 19.2 Å². The van der Waals surface area contributed by atoms with Crippen LogP contribution in [0.5, 0.6) is 0 Å². The highest BCUT2D eigenvalue weighted by Gasteiger charge is 2.44. The van der Waals surface area contributed by atoms with E-state index in [1.807, 2.05) is 6.07 Å². The van der Waals surface area contributed by atoms with Crippen LogP contribution in [0.1, 0.15) is 52.0 Å². The summed E-state index contributed by atoms with van der Waals surface area (Å²) in [7, 11) is 0. The van der Waals surface area contributed by atoms with Crippen molar-refractivity contribution in [3.8, 4) is 0 Å². The van der Waals surface area contributed by atoms with Crippen molar-refractivity contribution in [3.05, 3.63) is 34.9 Å². The highest BCUT2D eigenvalue weighted by molar-refractivity contribution is 6.23. The number of nitrogens with zero attached hydrogens (tertiary/aromatic N) is 1. The molecule has 4 rings (SSSR count). The van der Waals surface area contributed by atoms with Crippen LogP contribution in [0, 0.1) is 0 Å². The Bertz CT molecular complexity index is 865. The van der Waals surface area contributed by atoms with Gasteiger partial charge in [0.2, 0.25) is 11.8 Å². The number of rotatable bonds is 7. The van der Waals surface area contributed by atoms with Crippen molar-refractivity contribution in [2.24, 2.45) is 0 Å². The van der Waals surface area contributed by atoms with Crippen molar-refractivity contribution in [1.29, 1.82) is 0 Å². The summed E-state index contributed by atoms with van der Waals surface area (Å²) < 4.78 is 5.68. The van der Waals surface area contributed by atoms with Gasteiger partial charge in [0.05, 0.1) is 23.8 Å². The first-order valence-corrected chi connectivity index (χ1v) is 10.4. The maximum atomic E-state index is 12.8. The number of nitrogens with one attached hydrogen (secondary N) is 3. The van der Waals surface area contributed by atoms with Crippen LogP contribution in [0.3, 0.4) is 0 Å². The molecule has 0 aliphatic carbocycles. The highest BCUT2D eigenvalue weighted by atomic mass is 16.5. The zero-order valence-electron chi connectivity index (χ0n) is 16.7. The molecule has 2 fully saturated rings. The molecule has 0 radical (unpaired) electrons. The van der Waals surface area contributed by atoms with E-state index in [0.29, 0.717) is 17.7 Å². The number of amides is 4. The van der Waals surface area contributed by atoms with E-state index in [-0.39, 0.29) is 24.9 Å². The van der Waals surface area contributed by atoms with Gasteiger partial charge in [0.1, 0.15) is 6.04 Å². The Balaban J connectivity index is 1.32. The molecule has 3 heterocycles. The summed E-state index contributed by atoms with van der Waals surface area (Å²) >= 11 is 0. The first-order valence-electron chi connectivity index (χ1n) is 10.4. The van der Waals surface area contributed by atoms with Gasteiger partial charge in [-0.15, -0.1) is 0 Å². The monoisotopic (exact) mass is 414 g/mol. The van der Waals surface area contributed by atoms with E-state index in [1.165, 1.54) is 0 Å². The lowest BCUT2D eigenvalue weighted by Gasteiger charge is -2.27. The van der Waals surface area contributed by atoms with Crippen molar-refractivity contribution >= 4 is 23.6 Å². The van der Waals surface area contributed by atoms with Gasteiger partial charge in [0.25, 0.3) is 11.8 Å². The number of piperidine rings is 1. The van der Waals surface area contributed by atoms with Crippen molar-refractivity contribution in [2.75, 3.05) is 26.2 Å². The van der Waals surface area contributed by atoms with E-state index in [0.717, 1.165) is 49.5 Å². The Morgan fingerprint density at radius 3 is 2.73 bits per heavy atom. The first kappa shape index (κ1) is 20.6. The summed E-state index contributed by atoms with van der Waals surface area (Å²) in [6.45, 7) is 3.97. The van der Waals surface area contributed by atoms with Crippen LogP contribution in [0.2, 0.25) is 0 Å². The fraction of sp³-hybridized carbons (Fsp3) is 0.524. The molecule has 2 atom stereocenters. The number of ether oxygens (including phenoxy) is 1. The van der Waals surface area contributed by atoms with E-state index in [4.69, 9.17) is 4.74 Å². The molecule has 30 heavy (non-hydrogen) atoms. The Hall–Kier alpha value is -2.62. The Morgan fingerprint density at radius 1 is 1.13 bits per heavy atom. The number of benzene rings is 1. The lowest BCUT2D eigenvalue weighted by atomic mass is 10.0. The summed E-state index contributed by atoms with van der Waals surface area (Å²) in [5.41, 5.74) is 1.51. The second-order valence-electron chi connectivity index (χ2n) is 7.84. The van der Waals surface area contributed by atoms with Crippen LogP contribution in [-0.4, -0.2) is 66.9 Å². The molecule has 0 spiro atoms. The van der Waals surface area contributed by atoms with Gasteiger partial charge >= 0.3 is 0 Å². The normalized spacial score (nSPS) is 24.2. The predicted molar refractivity (Wildman–Crippen MR) is 107 cm³/mol. The van der Waals surface area contributed by atoms with Crippen LogP contribution in [0.15, 0.2) is 18.2 Å². The van der Waals surface area contributed by atoms with Crippen LogP contribution in [0.25, 0.3) is 0 Å². The summed E-state index contributed by atoms with van der Waals surface area (Å²) in [4.78, 5) is 50.0. The Labute approximate surface area is 174 Å². The van der Waals surface area contributed by atoms with Crippen LogP contribution in [-0.2, 0) is 20.9 Å². The minimum Gasteiger partial charge on any atom is -0.376 e. The van der Waals surface area contributed by atoms with Gasteiger partial charge in [-0.25, -0.2) is 0 Å². The molecule has 3 aliphatic heterocycles. The third-order valence-electron chi connectivity index (χ3n) is 5.72. The average molecular weight is 414 g/mol. The van der Waals surface area contributed by atoms with Crippen LogP contribution < -0.4 is 16.0 Å². The third kappa shape index (κ3) is 4.28. The Morgan fingerprint density at radius 2 is 1.97 bits per heavy atom. The second kappa shape index (κ2) is 9.03. The number of imide groups is 2. The number of carbonyl (C=O) groups is 4. The molecule has 3 aliphatic rings. The summed E-state index contributed by atoms with van der Waals surface area (Å²) in [6.07, 6.45) is 2.50. The van der Waals surface area contributed by atoms with Crippen LogP contribution in [0.4, 0.5) is 0 Å². The second-order valence-corrected chi connectivity index (χ2v) is 7.84. The van der Waals surface area contributed by atoms with Crippen molar-refractivity contribution in [1.82, 2.24) is 20.9 Å². The van der Waals surface area contributed by atoms with Gasteiger partial charge in [-0.3, -0.25) is 29.4 Å². The largest absolute Gasteiger partial charge is 0.376 e. The molecule has 1 aromatic carbocycles. The molecule has 9 heteroatoms. The van der Waals surface area contributed by atoms with Gasteiger partial charge < -0.3 is 15.4 Å². The molecule has 0 aromatic heterocycles. The zero-order valence-corrected chi connectivity index (χ0v) is 16.7. The minimum absolute atomic E-state index is 0.112. The molecule has 9 nitrogen and oxygen atoms in total. The van der Waals surface area contributed by atoms with E-state index in [2.05, 4.69) is 16.0 Å². The minimum atomic E-state index is -0.937. The molecular formula is C21H26N4O5. The molecule has 160 valence electrons. The summed E-state index contributed by atoms with van der Waals surface area (Å²) in [5.74, 6) is -1.94. The average Bonchev–Trinajstić information content (AvgIpc) is 2.99. The molecular weight excluding hydrogens is 388 g/mol. The van der Waals surface area contributed by atoms with E-state index < -0.39 is 23.8 Å². The lowest BCUT2D eigenvalue weighted by molar-refractivity contribution is -0.136. The van der Waals surface area contributed by atoms with Gasteiger partial charge in [-0.05, 0) is 43.5 Å². The number of morpholine rings is 1. The summed E-state index contributed by atoms with van der Waals surface area (Å²) in [5, 5.41) is 8.87. The van der Waals surface area contributed by atoms with Gasteiger partial charge in [-0.1, -0.05) is 6.07 Å². The zero-order chi connectivity index (χ0) is 21.1. The number of hydrogen-bond donors (Lipinski definition) is 3. The topological polar surface area (TPSA) is 117 Å². The lowest BCUT2D eigenvalue weighted by Crippen LogP contribution is -2.54. The van der Waals surface area contributed by atoms with Gasteiger partial charge in [-0.2, -0.15) is 0 Å². The third-order valence-corrected chi connectivity index (χ3v) is 5.72. The number of hydrogen-bond acceptors (Lipinski definition) is 7. The van der Waals surface area contributed by atoms with Gasteiger partial charge in [0.15, 0.2) is 0 Å². The molecule has 2 unspecified atom stereocenters. The van der Waals surface area contributed by atoms with E-state index in [1.54, 1.807) is 12.1 Å². The Kier molecular flexibility index (Phi) is 6.21. The van der Waals surface area contributed by atoms with Gasteiger partial charge in [0, 0.05) is 26.1 Å². The quantitative estimate of drug-likeness (QED) is 0.423. The predicted octanol–water partition coefficient (Wildman–Crippen LogP) is -0.0540. The fourth-order valence-electron chi connectivity index (χ4n) is 4.12. The molecule has 1 aromatic rings. The molecule has 2 saturated heterocycles. The molecule has 3 N–H and O–H groups in total. The number of fused-ring (bicyclic) bond motifs is 1. The molecule has 0 saturated carbocycles. The SMILES string of the molecule is O=C1CCC(N2C(=O)c3ccc(CNCCCC4CNCCO4)cc3C2=O)C(=O)N1. The maximum Gasteiger partial charge on any atom is 0.262 e. The highest BCUT2D eigenvalue weighted by Crippen LogP contribution is 2.28. The van der Waals surface area contributed by atoms with Crippen molar-refractivity contribution < 1.29 is 23.9 Å². The fourth-order valence-corrected chi connectivity index (χ4v) is 4.12. The standard InChI is InChI=1S/C21H26N4O5/c26-18-6-5-17(19(27)24-18)25-20(28)15-4-3-13(10-16(15)21(25)29)11-22-7-1-2-14-12-23-8-9-30-14/h3-4,10,14,17,22-23H,1-2,5-9,11-12H2,(H,24,26,27). The van der Waals surface area contributed by atoms with E-state index >= 15 is 0 Å². The molecule has 4 amide bonds. The number of carbonyl (C=O) groups excluding carboxylic acids is 4. The van der Waals surface area contributed by atoms with Crippen LogP contribution >= 0.6 is 0 Å². The maximum absolute atomic E-state index is 12.8. The smallest absolute Gasteiger partial charge is 0.262 e. The van der Waals surface area contributed by atoms with Crippen molar-refractivity contribution in [2.45, 2.75) is 44.4 Å². The van der Waals surface area contributed by atoms with Crippen molar-refractivity contribution in [3.63, 3.8) is 0 Å². The summed E-state index contributed by atoms with van der Waals surface area (Å²) in [6, 6.07) is 4.23. The first-order chi connectivity index (χ1) is 14.5.